The van der Waals surface area contributed by atoms with Crippen LogP contribution < -0.4 is 4.74 Å². The van der Waals surface area contributed by atoms with Crippen molar-refractivity contribution in [3.05, 3.63) is 47.3 Å². The number of hydrogen-bond donors (Lipinski definition) is 0. The van der Waals surface area contributed by atoms with Gasteiger partial charge in [-0.3, -0.25) is 4.40 Å². The highest BCUT2D eigenvalue weighted by Gasteiger charge is 2.19. The lowest BCUT2D eigenvalue weighted by Gasteiger charge is -2.09. The molecule has 25 heavy (non-hydrogen) atoms. The molecule has 0 aliphatic heterocycles. The first-order chi connectivity index (χ1) is 12.0. The van der Waals surface area contributed by atoms with E-state index in [2.05, 4.69) is 15.0 Å². The molecule has 0 amide bonds. The van der Waals surface area contributed by atoms with E-state index in [4.69, 9.17) is 9.72 Å². The molecule has 0 atom stereocenters. The second-order valence-electron chi connectivity index (χ2n) is 5.87. The minimum absolute atomic E-state index is 0.491. The fourth-order valence-electron chi connectivity index (χ4n) is 3.13. The number of pyridine rings is 2. The highest BCUT2D eigenvalue weighted by atomic mass is 19.1. The number of fused-ring (bicyclic) bond motifs is 3. The van der Waals surface area contributed by atoms with Crippen molar-refractivity contribution in [3.63, 3.8) is 0 Å². The third-order valence-electron chi connectivity index (χ3n) is 4.23. The molecule has 4 aromatic heterocycles. The van der Waals surface area contributed by atoms with Gasteiger partial charge in [0.25, 0.3) is 0 Å². The minimum Gasteiger partial charge on any atom is -0.481 e. The molecule has 0 bridgehead atoms. The van der Waals surface area contributed by atoms with Crippen LogP contribution in [0.15, 0.2) is 24.3 Å². The summed E-state index contributed by atoms with van der Waals surface area (Å²) in [5.41, 5.74) is 5.25. The number of aromatic nitrogens is 5. The van der Waals surface area contributed by atoms with E-state index in [1.807, 2.05) is 24.3 Å². The number of hydrogen-bond acceptors (Lipinski definition) is 5. The Bertz CT molecular complexity index is 1140. The van der Waals surface area contributed by atoms with E-state index in [0.717, 1.165) is 28.0 Å². The molecule has 0 aliphatic rings. The topological polar surface area (TPSA) is 65.2 Å². The summed E-state index contributed by atoms with van der Waals surface area (Å²) in [7, 11) is 1.57. The van der Waals surface area contributed by atoms with Crippen molar-refractivity contribution in [2.45, 2.75) is 20.8 Å². The lowest BCUT2D eigenvalue weighted by molar-refractivity contribution is 0.399. The van der Waals surface area contributed by atoms with E-state index >= 15 is 0 Å². The van der Waals surface area contributed by atoms with Gasteiger partial charge in [0, 0.05) is 11.6 Å². The van der Waals surface area contributed by atoms with Gasteiger partial charge in [-0.25, -0.2) is 15.0 Å². The first-order valence-electron chi connectivity index (χ1n) is 7.83. The number of imidazole rings is 1. The number of ether oxygens (including phenoxy) is 1. The summed E-state index contributed by atoms with van der Waals surface area (Å²) in [6.07, 6.45) is 0. The van der Waals surface area contributed by atoms with E-state index < -0.39 is 5.95 Å². The van der Waals surface area contributed by atoms with Crippen LogP contribution in [0.2, 0.25) is 0 Å². The summed E-state index contributed by atoms with van der Waals surface area (Å²) in [6, 6.07) is 6.66. The molecule has 4 heterocycles. The van der Waals surface area contributed by atoms with Crippen molar-refractivity contribution >= 4 is 16.7 Å². The molecule has 0 saturated carbocycles. The molecule has 126 valence electrons. The van der Waals surface area contributed by atoms with Crippen molar-refractivity contribution in [2.75, 3.05) is 7.11 Å². The van der Waals surface area contributed by atoms with Crippen LogP contribution in [0.4, 0.5) is 4.39 Å². The lowest BCUT2D eigenvalue weighted by atomic mass is 10.2. The fraction of sp³-hybridized carbons (Fsp3) is 0.222. The number of nitrogens with zero attached hydrogens (tertiary/aromatic N) is 5. The summed E-state index contributed by atoms with van der Waals surface area (Å²) in [4.78, 5) is 17.8. The summed E-state index contributed by atoms with van der Waals surface area (Å²) < 4.78 is 20.6. The number of methoxy groups -OCH3 is 1. The zero-order chi connectivity index (χ0) is 17.7. The van der Waals surface area contributed by atoms with Crippen molar-refractivity contribution in [2.24, 2.45) is 0 Å². The highest BCUT2D eigenvalue weighted by Crippen LogP contribution is 2.29. The van der Waals surface area contributed by atoms with Crippen molar-refractivity contribution in [1.29, 1.82) is 0 Å². The normalized spacial score (nSPS) is 11.4. The van der Waals surface area contributed by atoms with Crippen LogP contribution in [0.25, 0.3) is 28.1 Å². The van der Waals surface area contributed by atoms with Gasteiger partial charge in [-0.1, -0.05) is 0 Å². The number of rotatable bonds is 2. The molecule has 0 aliphatic carbocycles. The highest BCUT2D eigenvalue weighted by molar-refractivity contribution is 5.81. The zero-order valence-corrected chi connectivity index (χ0v) is 14.3. The smallest absolute Gasteiger partial charge is 0.215 e. The Morgan fingerprint density at radius 3 is 2.36 bits per heavy atom. The Morgan fingerprint density at radius 2 is 1.64 bits per heavy atom. The van der Waals surface area contributed by atoms with Gasteiger partial charge in [0.05, 0.1) is 29.7 Å². The van der Waals surface area contributed by atoms with Gasteiger partial charge >= 0.3 is 0 Å². The molecule has 0 unspecified atom stereocenters. The Balaban J connectivity index is 2.18. The van der Waals surface area contributed by atoms with E-state index in [-0.39, 0.29) is 0 Å². The van der Waals surface area contributed by atoms with Crippen molar-refractivity contribution in [1.82, 2.24) is 24.3 Å². The Kier molecular flexibility index (Phi) is 3.38. The molecule has 0 spiro atoms. The molecule has 0 radical (unpaired) electrons. The zero-order valence-electron chi connectivity index (χ0n) is 14.3. The quantitative estimate of drug-likeness (QED) is 0.525. The second-order valence-corrected chi connectivity index (χ2v) is 5.87. The van der Waals surface area contributed by atoms with Gasteiger partial charge in [0.15, 0.2) is 5.65 Å². The van der Waals surface area contributed by atoms with Crippen molar-refractivity contribution < 1.29 is 9.13 Å². The van der Waals surface area contributed by atoms with E-state index in [1.165, 1.54) is 6.07 Å². The van der Waals surface area contributed by atoms with Gasteiger partial charge in [0.2, 0.25) is 11.8 Å². The number of halogens is 1. The fourth-order valence-corrected chi connectivity index (χ4v) is 3.13. The first-order valence-corrected chi connectivity index (χ1v) is 7.83. The molecule has 0 fully saturated rings. The maximum atomic E-state index is 13.4. The molecule has 0 saturated heterocycles. The first kappa shape index (κ1) is 15.4. The van der Waals surface area contributed by atoms with Gasteiger partial charge < -0.3 is 4.74 Å². The van der Waals surface area contributed by atoms with Crippen LogP contribution in [0.5, 0.6) is 5.88 Å². The Hall–Kier alpha value is -3.09. The van der Waals surface area contributed by atoms with Crippen LogP contribution in [-0.4, -0.2) is 31.4 Å². The molecule has 6 nitrogen and oxygen atoms in total. The predicted molar refractivity (Wildman–Crippen MR) is 92.2 cm³/mol. The minimum atomic E-state index is -0.513. The molecule has 0 N–H and O–H groups in total. The van der Waals surface area contributed by atoms with Crippen molar-refractivity contribution in [3.8, 4) is 17.3 Å². The maximum Gasteiger partial charge on any atom is 0.215 e. The largest absolute Gasteiger partial charge is 0.481 e. The molecular formula is C18H16FN5O. The molecule has 4 aromatic rings. The molecule has 7 heteroatoms. The van der Waals surface area contributed by atoms with Crippen LogP contribution in [0.3, 0.4) is 0 Å². The van der Waals surface area contributed by atoms with Crippen LogP contribution >= 0.6 is 0 Å². The molecular weight excluding hydrogens is 321 g/mol. The van der Waals surface area contributed by atoms with E-state index in [9.17, 15) is 4.39 Å². The van der Waals surface area contributed by atoms with Crippen LogP contribution in [0, 0.1) is 26.7 Å². The SMILES string of the molecule is COc1ccc2nc(C)c3c(C)nc(-c4ccc(F)nc4C)n3c2n1. The second kappa shape index (κ2) is 5.47. The van der Waals surface area contributed by atoms with E-state index in [1.54, 1.807) is 26.2 Å². The van der Waals surface area contributed by atoms with Gasteiger partial charge in [0.1, 0.15) is 11.3 Å². The summed E-state index contributed by atoms with van der Waals surface area (Å²) in [5, 5.41) is 0. The summed E-state index contributed by atoms with van der Waals surface area (Å²) in [6.45, 7) is 5.62. The van der Waals surface area contributed by atoms with Gasteiger partial charge in [-0.15, -0.1) is 0 Å². The Labute approximate surface area is 143 Å². The third kappa shape index (κ3) is 2.31. The molecule has 0 aromatic carbocycles. The van der Waals surface area contributed by atoms with Gasteiger partial charge in [-0.05, 0) is 39.0 Å². The standard InChI is InChI=1S/C18H16FN5O/c1-9-12(5-7-14(19)21-9)17-22-11(3)16-10(2)20-13-6-8-15(25-4)23-18(13)24(16)17/h5-8H,1-4H3. The Morgan fingerprint density at radius 1 is 0.880 bits per heavy atom. The lowest BCUT2D eigenvalue weighted by Crippen LogP contribution is -2.02. The maximum absolute atomic E-state index is 13.4. The van der Waals surface area contributed by atoms with E-state index in [0.29, 0.717) is 23.0 Å². The summed E-state index contributed by atoms with van der Waals surface area (Å²) in [5.74, 6) is 0.640. The van der Waals surface area contributed by atoms with Gasteiger partial charge in [-0.2, -0.15) is 9.37 Å². The predicted octanol–water partition coefficient (Wildman–Crippen LogP) is 3.41. The average Bonchev–Trinajstić information content (AvgIpc) is 2.93. The monoisotopic (exact) mass is 337 g/mol. The summed E-state index contributed by atoms with van der Waals surface area (Å²) >= 11 is 0. The van der Waals surface area contributed by atoms with Crippen LogP contribution in [0.1, 0.15) is 17.1 Å². The third-order valence-corrected chi connectivity index (χ3v) is 4.23. The molecule has 4 rings (SSSR count). The van der Waals surface area contributed by atoms with Crippen LogP contribution in [-0.2, 0) is 0 Å². The number of aryl methyl sites for hydroxylation is 3. The average molecular weight is 337 g/mol.